The van der Waals surface area contributed by atoms with Gasteiger partial charge in [0, 0.05) is 37.7 Å². The molecule has 1 aliphatic rings. The van der Waals surface area contributed by atoms with Gasteiger partial charge in [0.2, 0.25) is 5.91 Å². The van der Waals surface area contributed by atoms with Gasteiger partial charge in [0.05, 0.1) is 23.6 Å². The number of likely N-dealkylation sites (tertiary alicyclic amines) is 1. The molecule has 1 aliphatic heterocycles. The molecule has 1 amide bonds. The summed E-state index contributed by atoms with van der Waals surface area (Å²) >= 11 is 0. The Hall–Kier alpha value is -2.63. The predicted octanol–water partition coefficient (Wildman–Crippen LogP) is 2.47. The number of rotatable bonds is 4. The van der Waals surface area contributed by atoms with Crippen molar-refractivity contribution in [3.05, 3.63) is 48.0 Å². The third kappa shape index (κ3) is 2.68. The van der Waals surface area contributed by atoms with Crippen LogP contribution in [-0.4, -0.2) is 43.6 Å². The zero-order valence-corrected chi connectivity index (χ0v) is 13.8. The average molecular weight is 323 g/mol. The van der Waals surface area contributed by atoms with Crippen LogP contribution in [0.15, 0.2) is 36.8 Å². The first kappa shape index (κ1) is 14.9. The Morgan fingerprint density at radius 1 is 1.38 bits per heavy atom. The molecule has 1 unspecified atom stereocenters. The summed E-state index contributed by atoms with van der Waals surface area (Å²) in [4.78, 5) is 18.9. The Kier molecular flexibility index (Phi) is 3.80. The number of amides is 1. The van der Waals surface area contributed by atoms with E-state index < -0.39 is 0 Å². The van der Waals surface area contributed by atoms with E-state index in [0.29, 0.717) is 18.9 Å². The van der Waals surface area contributed by atoms with Gasteiger partial charge in [-0.05, 0) is 31.0 Å². The first-order chi connectivity index (χ1) is 11.7. The number of carbonyl (C=O) groups excluding carboxylic acids is 1. The second kappa shape index (κ2) is 6.11. The normalized spacial score (nSPS) is 17.7. The van der Waals surface area contributed by atoms with Crippen molar-refractivity contribution in [2.24, 2.45) is 0 Å². The lowest BCUT2D eigenvalue weighted by Crippen LogP contribution is -2.29. The summed E-state index contributed by atoms with van der Waals surface area (Å²) in [6.45, 7) is 4.34. The number of aryl methyl sites for hydroxylation is 2. The van der Waals surface area contributed by atoms with Crippen molar-refractivity contribution in [3.8, 4) is 0 Å². The Morgan fingerprint density at radius 2 is 2.25 bits per heavy atom. The highest BCUT2D eigenvalue weighted by Gasteiger charge is 2.28. The summed E-state index contributed by atoms with van der Waals surface area (Å²) in [7, 11) is 0. The van der Waals surface area contributed by atoms with Crippen LogP contribution < -0.4 is 0 Å². The highest BCUT2D eigenvalue weighted by molar-refractivity contribution is 5.78. The fourth-order valence-corrected chi connectivity index (χ4v) is 3.55. The van der Waals surface area contributed by atoms with E-state index in [1.807, 2.05) is 41.7 Å². The molecule has 0 saturated carbocycles. The minimum absolute atomic E-state index is 0.215. The lowest BCUT2D eigenvalue weighted by molar-refractivity contribution is -0.130. The number of hydrogen-bond donors (Lipinski definition) is 1. The Balaban J connectivity index is 1.38. The summed E-state index contributed by atoms with van der Waals surface area (Å²) in [6.07, 6.45) is 5.18. The van der Waals surface area contributed by atoms with Gasteiger partial charge in [-0.2, -0.15) is 5.10 Å². The topological polar surface area (TPSA) is 66.8 Å². The lowest BCUT2D eigenvalue weighted by Gasteiger charge is -2.17. The Morgan fingerprint density at radius 3 is 3.08 bits per heavy atom. The molecule has 1 N–H and O–H groups in total. The molecule has 1 aromatic carbocycles. The number of imidazole rings is 1. The first-order valence-corrected chi connectivity index (χ1v) is 8.40. The molecule has 6 heteroatoms. The lowest BCUT2D eigenvalue weighted by atomic mass is 10.0. The third-order valence-corrected chi connectivity index (χ3v) is 4.91. The number of fused-ring (bicyclic) bond motifs is 1. The summed E-state index contributed by atoms with van der Waals surface area (Å²) in [5.74, 6) is 0.595. The SMILES string of the molecule is Cc1cn[nH]c1C1CCN(C(=O)CCn2cnc3ccccc32)C1. The number of aromatic amines is 1. The molecule has 2 aromatic heterocycles. The number of nitrogens with one attached hydrogen (secondary N) is 1. The maximum Gasteiger partial charge on any atom is 0.224 e. The second-order valence-corrected chi connectivity index (χ2v) is 6.47. The summed E-state index contributed by atoms with van der Waals surface area (Å²) in [5.41, 5.74) is 4.41. The highest BCUT2D eigenvalue weighted by Crippen LogP contribution is 2.28. The van der Waals surface area contributed by atoms with Gasteiger partial charge in [0.25, 0.3) is 0 Å². The fourth-order valence-electron chi connectivity index (χ4n) is 3.55. The van der Waals surface area contributed by atoms with Crippen LogP contribution in [0.3, 0.4) is 0 Å². The van der Waals surface area contributed by atoms with Gasteiger partial charge in [-0.15, -0.1) is 0 Å². The van der Waals surface area contributed by atoms with Crippen LogP contribution in [-0.2, 0) is 11.3 Å². The van der Waals surface area contributed by atoms with E-state index in [1.54, 1.807) is 0 Å². The van der Waals surface area contributed by atoms with Crippen LogP contribution in [0.1, 0.15) is 30.0 Å². The molecule has 1 fully saturated rings. The molecular weight excluding hydrogens is 302 g/mol. The Bertz CT molecular complexity index is 865. The molecular formula is C18H21N5O. The molecule has 0 bridgehead atoms. The van der Waals surface area contributed by atoms with Crippen LogP contribution in [0.2, 0.25) is 0 Å². The molecule has 0 spiro atoms. The van der Waals surface area contributed by atoms with Crippen molar-refractivity contribution >= 4 is 16.9 Å². The van der Waals surface area contributed by atoms with E-state index in [-0.39, 0.29) is 5.91 Å². The smallest absolute Gasteiger partial charge is 0.224 e. The van der Waals surface area contributed by atoms with Crippen molar-refractivity contribution in [2.45, 2.75) is 32.2 Å². The molecule has 3 aromatic rings. The van der Waals surface area contributed by atoms with Gasteiger partial charge in [0.15, 0.2) is 0 Å². The monoisotopic (exact) mass is 323 g/mol. The van der Waals surface area contributed by atoms with E-state index in [4.69, 9.17) is 0 Å². The molecule has 124 valence electrons. The molecule has 4 rings (SSSR count). The predicted molar refractivity (Wildman–Crippen MR) is 91.6 cm³/mol. The van der Waals surface area contributed by atoms with E-state index >= 15 is 0 Å². The van der Waals surface area contributed by atoms with Crippen molar-refractivity contribution in [3.63, 3.8) is 0 Å². The molecule has 3 heterocycles. The van der Waals surface area contributed by atoms with Crippen LogP contribution >= 0.6 is 0 Å². The van der Waals surface area contributed by atoms with Crippen LogP contribution in [0.4, 0.5) is 0 Å². The number of aromatic nitrogens is 4. The maximum atomic E-state index is 12.5. The maximum absolute atomic E-state index is 12.5. The molecule has 6 nitrogen and oxygen atoms in total. The van der Waals surface area contributed by atoms with Crippen molar-refractivity contribution in [2.75, 3.05) is 13.1 Å². The molecule has 0 radical (unpaired) electrons. The van der Waals surface area contributed by atoms with Crippen LogP contribution in [0, 0.1) is 6.92 Å². The quantitative estimate of drug-likeness (QED) is 0.802. The average Bonchev–Trinajstić information content (AvgIpc) is 3.31. The molecule has 1 atom stereocenters. The minimum Gasteiger partial charge on any atom is -0.342 e. The van der Waals surface area contributed by atoms with Gasteiger partial charge in [-0.1, -0.05) is 12.1 Å². The highest BCUT2D eigenvalue weighted by atomic mass is 16.2. The summed E-state index contributed by atoms with van der Waals surface area (Å²) < 4.78 is 2.06. The third-order valence-electron chi connectivity index (χ3n) is 4.91. The number of carbonyl (C=O) groups is 1. The number of benzene rings is 1. The number of para-hydroxylation sites is 2. The Labute approximate surface area is 140 Å². The van der Waals surface area contributed by atoms with Crippen LogP contribution in [0.25, 0.3) is 11.0 Å². The van der Waals surface area contributed by atoms with Gasteiger partial charge < -0.3 is 9.47 Å². The zero-order chi connectivity index (χ0) is 16.5. The first-order valence-electron chi connectivity index (χ1n) is 8.40. The number of hydrogen-bond acceptors (Lipinski definition) is 3. The standard InChI is InChI=1S/C18H21N5O/c1-13-10-20-21-18(13)14-6-8-22(11-14)17(24)7-9-23-12-19-15-4-2-3-5-16(15)23/h2-5,10,12,14H,6-9,11H2,1H3,(H,20,21). The zero-order valence-electron chi connectivity index (χ0n) is 13.8. The largest absolute Gasteiger partial charge is 0.342 e. The fraction of sp³-hybridized carbons (Fsp3) is 0.389. The van der Waals surface area contributed by atoms with Gasteiger partial charge in [0.1, 0.15) is 0 Å². The van der Waals surface area contributed by atoms with Crippen molar-refractivity contribution in [1.29, 1.82) is 0 Å². The van der Waals surface area contributed by atoms with E-state index in [2.05, 4.69) is 26.7 Å². The minimum atomic E-state index is 0.215. The van der Waals surface area contributed by atoms with E-state index in [1.165, 1.54) is 11.3 Å². The molecule has 1 saturated heterocycles. The van der Waals surface area contributed by atoms with E-state index in [0.717, 1.165) is 30.5 Å². The van der Waals surface area contributed by atoms with Gasteiger partial charge in [-0.3, -0.25) is 9.89 Å². The molecule has 0 aliphatic carbocycles. The van der Waals surface area contributed by atoms with Crippen molar-refractivity contribution in [1.82, 2.24) is 24.6 Å². The van der Waals surface area contributed by atoms with Crippen LogP contribution in [0.5, 0.6) is 0 Å². The number of nitrogens with zero attached hydrogens (tertiary/aromatic N) is 4. The summed E-state index contributed by atoms with van der Waals surface area (Å²) in [5, 5.41) is 7.18. The van der Waals surface area contributed by atoms with Crippen molar-refractivity contribution < 1.29 is 4.79 Å². The molecule has 24 heavy (non-hydrogen) atoms. The summed E-state index contributed by atoms with van der Waals surface area (Å²) in [6, 6.07) is 8.01. The second-order valence-electron chi connectivity index (χ2n) is 6.47. The van der Waals surface area contributed by atoms with Gasteiger partial charge in [-0.25, -0.2) is 4.98 Å². The van der Waals surface area contributed by atoms with Gasteiger partial charge >= 0.3 is 0 Å². The number of H-pyrrole nitrogens is 1. The van der Waals surface area contributed by atoms with E-state index in [9.17, 15) is 4.79 Å².